The maximum Gasteiger partial charge on any atom is 0.353 e. The van der Waals surface area contributed by atoms with Gasteiger partial charge in [0.05, 0.1) is 4.92 Å². The largest absolute Gasteiger partial charge is 0.364 e. The SMILES string of the molecule is CCCCCCCCCCCCCCCCNc1ncnc(N2CCCC(C)C2)c1[N+](=O)[O-]. The number of hydrogen-bond donors (Lipinski definition) is 1. The Morgan fingerprint density at radius 1 is 0.970 bits per heavy atom. The summed E-state index contributed by atoms with van der Waals surface area (Å²) in [6, 6.07) is 0. The summed E-state index contributed by atoms with van der Waals surface area (Å²) in [5.74, 6) is 1.35. The summed E-state index contributed by atoms with van der Waals surface area (Å²) in [7, 11) is 0. The molecule has 0 aliphatic carbocycles. The summed E-state index contributed by atoms with van der Waals surface area (Å²) in [4.78, 5) is 22.0. The van der Waals surface area contributed by atoms with Crippen LogP contribution in [0.2, 0.25) is 0 Å². The highest BCUT2D eigenvalue weighted by Crippen LogP contribution is 2.34. The van der Waals surface area contributed by atoms with Crippen LogP contribution in [0, 0.1) is 16.0 Å². The molecule has 1 atom stereocenters. The minimum Gasteiger partial charge on any atom is -0.364 e. The molecule has 1 aromatic heterocycles. The minimum atomic E-state index is -0.331. The number of aromatic nitrogens is 2. The highest BCUT2D eigenvalue weighted by Gasteiger charge is 2.29. The molecule has 0 spiro atoms. The first-order valence-electron chi connectivity index (χ1n) is 13.6. The Balaban J connectivity index is 1.58. The molecule has 1 fully saturated rings. The lowest BCUT2D eigenvalue weighted by molar-refractivity contribution is -0.383. The van der Waals surface area contributed by atoms with E-state index in [9.17, 15) is 10.1 Å². The van der Waals surface area contributed by atoms with Crippen LogP contribution in [-0.2, 0) is 0 Å². The van der Waals surface area contributed by atoms with Gasteiger partial charge in [-0.1, -0.05) is 97.3 Å². The lowest BCUT2D eigenvalue weighted by atomic mass is 10.0. The Morgan fingerprint density at radius 3 is 2.09 bits per heavy atom. The minimum absolute atomic E-state index is 0.0250. The second-order valence-electron chi connectivity index (χ2n) is 9.87. The summed E-state index contributed by atoms with van der Waals surface area (Å²) >= 11 is 0. The molecule has 1 unspecified atom stereocenters. The second-order valence-corrected chi connectivity index (χ2v) is 9.87. The zero-order valence-corrected chi connectivity index (χ0v) is 21.2. The van der Waals surface area contributed by atoms with Gasteiger partial charge in [-0.2, -0.15) is 0 Å². The van der Waals surface area contributed by atoms with Gasteiger partial charge in [-0.3, -0.25) is 10.1 Å². The van der Waals surface area contributed by atoms with E-state index in [0.29, 0.717) is 24.1 Å². The highest BCUT2D eigenvalue weighted by atomic mass is 16.6. The first-order valence-corrected chi connectivity index (χ1v) is 13.6. The summed E-state index contributed by atoms with van der Waals surface area (Å²) < 4.78 is 0. The van der Waals surface area contributed by atoms with Crippen molar-refractivity contribution >= 4 is 17.3 Å². The van der Waals surface area contributed by atoms with Crippen LogP contribution in [0.4, 0.5) is 17.3 Å². The third-order valence-electron chi connectivity index (χ3n) is 6.76. The van der Waals surface area contributed by atoms with Crippen LogP contribution in [0.3, 0.4) is 0 Å². The lowest BCUT2D eigenvalue weighted by Crippen LogP contribution is -2.35. The fourth-order valence-corrected chi connectivity index (χ4v) is 4.81. The van der Waals surface area contributed by atoms with E-state index in [1.807, 2.05) is 4.90 Å². The molecule has 0 amide bonds. The van der Waals surface area contributed by atoms with Crippen LogP contribution in [0.15, 0.2) is 6.33 Å². The van der Waals surface area contributed by atoms with Crippen molar-refractivity contribution in [3.8, 4) is 0 Å². The van der Waals surface area contributed by atoms with Crippen molar-refractivity contribution in [2.75, 3.05) is 29.9 Å². The average molecular weight is 462 g/mol. The van der Waals surface area contributed by atoms with Gasteiger partial charge in [-0.15, -0.1) is 0 Å². The quantitative estimate of drug-likeness (QED) is 0.138. The molecule has 33 heavy (non-hydrogen) atoms. The summed E-state index contributed by atoms with van der Waals surface area (Å²) in [5.41, 5.74) is 0.0250. The van der Waals surface area contributed by atoms with E-state index in [0.717, 1.165) is 32.4 Å². The third kappa shape index (κ3) is 10.7. The van der Waals surface area contributed by atoms with E-state index < -0.39 is 0 Å². The Kier molecular flexibility index (Phi) is 13.8. The summed E-state index contributed by atoms with van der Waals surface area (Å²) in [5, 5.41) is 15.0. The van der Waals surface area contributed by atoms with Crippen molar-refractivity contribution in [2.24, 2.45) is 5.92 Å². The number of anilines is 2. The molecule has 188 valence electrons. The van der Waals surface area contributed by atoms with Gasteiger partial charge < -0.3 is 10.2 Å². The number of rotatable bonds is 18. The zero-order valence-electron chi connectivity index (χ0n) is 21.2. The van der Waals surface area contributed by atoms with Gasteiger partial charge in [-0.25, -0.2) is 9.97 Å². The Bertz CT molecular complexity index is 670. The number of piperidine rings is 1. The maximum atomic E-state index is 11.8. The van der Waals surface area contributed by atoms with Crippen LogP contribution in [0.5, 0.6) is 0 Å². The zero-order chi connectivity index (χ0) is 23.7. The van der Waals surface area contributed by atoms with E-state index in [2.05, 4.69) is 29.1 Å². The van der Waals surface area contributed by atoms with Gasteiger partial charge in [0.2, 0.25) is 11.6 Å². The molecule has 0 radical (unpaired) electrons. The maximum absolute atomic E-state index is 11.8. The van der Waals surface area contributed by atoms with Crippen LogP contribution in [-0.4, -0.2) is 34.5 Å². The molecule has 1 aromatic rings. The molecule has 1 N–H and O–H groups in total. The van der Waals surface area contributed by atoms with Crippen molar-refractivity contribution < 1.29 is 4.92 Å². The number of nitrogens with zero attached hydrogens (tertiary/aromatic N) is 4. The van der Waals surface area contributed by atoms with Crippen molar-refractivity contribution in [2.45, 2.75) is 117 Å². The van der Waals surface area contributed by atoms with E-state index in [-0.39, 0.29) is 10.6 Å². The van der Waals surface area contributed by atoms with Gasteiger partial charge in [0, 0.05) is 19.6 Å². The van der Waals surface area contributed by atoms with E-state index in [1.54, 1.807) is 0 Å². The number of nitrogens with one attached hydrogen (secondary N) is 1. The van der Waals surface area contributed by atoms with Crippen molar-refractivity contribution in [1.29, 1.82) is 0 Å². The van der Waals surface area contributed by atoms with Crippen molar-refractivity contribution in [3.05, 3.63) is 16.4 Å². The smallest absolute Gasteiger partial charge is 0.353 e. The van der Waals surface area contributed by atoms with E-state index in [1.165, 1.54) is 89.8 Å². The van der Waals surface area contributed by atoms with Crippen LogP contribution in [0.25, 0.3) is 0 Å². The van der Waals surface area contributed by atoms with Crippen LogP contribution >= 0.6 is 0 Å². The first-order chi connectivity index (χ1) is 16.1. The number of unbranched alkanes of at least 4 members (excludes halogenated alkanes) is 13. The van der Waals surface area contributed by atoms with Gasteiger partial charge in [0.15, 0.2) is 0 Å². The molecule has 2 rings (SSSR count). The predicted molar refractivity (Wildman–Crippen MR) is 138 cm³/mol. The van der Waals surface area contributed by atoms with Crippen molar-refractivity contribution in [3.63, 3.8) is 0 Å². The molecule has 0 bridgehead atoms. The molecule has 1 aliphatic rings. The fourth-order valence-electron chi connectivity index (χ4n) is 4.81. The molecule has 1 aliphatic heterocycles. The summed E-state index contributed by atoms with van der Waals surface area (Å²) in [6.07, 6.45) is 22.2. The predicted octanol–water partition coefficient (Wildman–Crippen LogP) is 7.51. The van der Waals surface area contributed by atoms with Crippen LogP contribution in [0.1, 0.15) is 117 Å². The molecule has 0 aromatic carbocycles. The number of hydrogen-bond acceptors (Lipinski definition) is 6. The van der Waals surface area contributed by atoms with Crippen LogP contribution < -0.4 is 10.2 Å². The standard InChI is InChI=1S/C26H47N5O2/c1-3-4-5-6-7-8-9-10-11-12-13-14-15-16-19-27-25-24(31(32)33)26(29-22-28-25)30-20-17-18-23(2)21-30/h22-23H,3-21H2,1-2H3,(H,27,28,29). The van der Waals surface area contributed by atoms with E-state index in [4.69, 9.17) is 0 Å². The molecular weight excluding hydrogens is 414 g/mol. The van der Waals surface area contributed by atoms with Gasteiger partial charge in [0.1, 0.15) is 6.33 Å². The molecule has 7 heteroatoms. The van der Waals surface area contributed by atoms with E-state index >= 15 is 0 Å². The molecule has 7 nitrogen and oxygen atoms in total. The van der Waals surface area contributed by atoms with Gasteiger partial charge in [-0.05, 0) is 25.2 Å². The molecular formula is C26H47N5O2. The topological polar surface area (TPSA) is 84.2 Å². The molecule has 0 saturated carbocycles. The normalized spacial score (nSPS) is 16.2. The highest BCUT2D eigenvalue weighted by molar-refractivity contribution is 5.70. The Morgan fingerprint density at radius 2 is 1.55 bits per heavy atom. The second kappa shape index (κ2) is 16.7. The van der Waals surface area contributed by atoms with Gasteiger partial charge in [0.25, 0.3) is 0 Å². The monoisotopic (exact) mass is 461 g/mol. The number of nitro groups is 1. The molecule has 1 saturated heterocycles. The molecule has 2 heterocycles. The fraction of sp³-hybridized carbons (Fsp3) is 0.846. The van der Waals surface area contributed by atoms with Crippen molar-refractivity contribution in [1.82, 2.24) is 9.97 Å². The summed E-state index contributed by atoms with van der Waals surface area (Å²) in [6.45, 7) is 6.81. The first kappa shape index (κ1) is 27.3. The Labute approximate surface area is 201 Å². The van der Waals surface area contributed by atoms with Gasteiger partial charge >= 0.3 is 5.69 Å². The Hall–Kier alpha value is -1.92. The average Bonchev–Trinajstić information content (AvgIpc) is 2.81. The lowest BCUT2D eigenvalue weighted by Gasteiger charge is -2.31. The third-order valence-corrected chi connectivity index (χ3v) is 6.76.